The maximum Gasteiger partial charge on any atom is 0.433 e. The summed E-state index contributed by atoms with van der Waals surface area (Å²) in [7, 11) is 0. The largest absolute Gasteiger partial charge is 0.507 e. The molecule has 0 heterocycles. The van der Waals surface area contributed by atoms with Crippen molar-refractivity contribution >= 4 is 11.5 Å². The molecule has 0 atom stereocenters. The normalized spacial score (nSPS) is 12.6. The molecule has 0 aliphatic rings. The minimum Gasteiger partial charge on any atom is -0.507 e. The van der Waals surface area contributed by atoms with Crippen molar-refractivity contribution in [1.29, 1.82) is 0 Å². The van der Waals surface area contributed by atoms with Crippen molar-refractivity contribution < 1.29 is 28.3 Å². The predicted molar refractivity (Wildman–Crippen MR) is 57.1 cm³/mol. The van der Waals surface area contributed by atoms with Crippen LogP contribution in [-0.2, 0) is 0 Å². The van der Waals surface area contributed by atoms with Crippen molar-refractivity contribution in [2.45, 2.75) is 19.5 Å². The summed E-state index contributed by atoms with van der Waals surface area (Å²) in [5, 5.41) is 19.7. The van der Waals surface area contributed by atoms with Gasteiger partial charge in [-0.25, -0.2) is 0 Å². The molecule has 1 rings (SSSR count). The summed E-state index contributed by atoms with van der Waals surface area (Å²) >= 11 is 0. The fourth-order valence-electron chi connectivity index (χ4n) is 1.31. The number of oxime groups is 1. The van der Waals surface area contributed by atoms with E-state index in [4.69, 9.17) is 5.21 Å². The third-order valence-electron chi connectivity index (χ3n) is 2.23. The molecule has 98 valence electrons. The van der Waals surface area contributed by atoms with Gasteiger partial charge in [0.05, 0.1) is 12.0 Å². The van der Waals surface area contributed by atoms with Crippen molar-refractivity contribution in [2.75, 3.05) is 0 Å². The van der Waals surface area contributed by atoms with Gasteiger partial charge in [0.15, 0.2) is 11.5 Å². The third-order valence-corrected chi connectivity index (χ3v) is 2.23. The molecule has 1 aromatic carbocycles. The van der Waals surface area contributed by atoms with E-state index in [0.717, 1.165) is 0 Å². The standard InChI is InChI=1S/C11H10F3NO3/c1-6-2-3-8(16)7(4-6)9(17)5-10(15-18)11(12,13)14/h2-4,16,18H,5H2,1H3/b15-10+. The number of ketones is 1. The molecule has 18 heavy (non-hydrogen) atoms. The van der Waals surface area contributed by atoms with Gasteiger partial charge in [0, 0.05) is 0 Å². The van der Waals surface area contributed by atoms with E-state index in [2.05, 4.69) is 5.16 Å². The van der Waals surface area contributed by atoms with Crippen LogP contribution in [0, 0.1) is 6.92 Å². The predicted octanol–water partition coefficient (Wildman–Crippen LogP) is 2.67. The summed E-state index contributed by atoms with van der Waals surface area (Å²) in [6.07, 6.45) is -6.01. The number of carbonyl (C=O) groups is 1. The first-order valence-electron chi connectivity index (χ1n) is 4.86. The highest BCUT2D eigenvalue weighted by atomic mass is 19.4. The van der Waals surface area contributed by atoms with Crippen LogP contribution in [0.1, 0.15) is 22.3 Å². The second-order valence-corrected chi connectivity index (χ2v) is 3.67. The lowest BCUT2D eigenvalue weighted by Gasteiger charge is -2.09. The zero-order chi connectivity index (χ0) is 13.9. The summed E-state index contributed by atoms with van der Waals surface area (Å²) < 4.78 is 36.8. The average molecular weight is 261 g/mol. The highest BCUT2D eigenvalue weighted by Gasteiger charge is 2.38. The summed E-state index contributed by atoms with van der Waals surface area (Å²) in [6, 6.07) is 3.99. The topological polar surface area (TPSA) is 69.9 Å². The highest BCUT2D eigenvalue weighted by molar-refractivity contribution is 6.12. The minimum atomic E-state index is -4.89. The molecule has 1 aromatic rings. The Morgan fingerprint density at radius 3 is 2.50 bits per heavy atom. The molecule has 0 radical (unpaired) electrons. The molecule has 0 fully saturated rings. The van der Waals surface area contributed by atoms with E-state index in [1.807, 2.05) is 0 Å². The maximum atomic E-state index is 12.3. The lowest BCUT2D eigenvalue weighted by Crippen LogP contribution is -2.25. The number of alkyl halides is 3. The van der Waals surface area contributed by atoms with Crippen LogP contribution in [-0.4, -0.2) is 28.0 Å². The van der Waals surface area contributed by atoms with Gasteiger partial charge < -0.3 is 10.3 Å². The summed E-state index contributed by atoms with van der Waals surface area (Å²) in [4.78, 5) is 11.6. The van der Waals surface area contributed by atoms with Gasteiger partial charge in [0.25, 0.3) is 0 Å². The van der Waals surface area contributed by atoms with Crippen molar-refractivity contribution in [1.82, 2.24) is 0 Å². The molecule has 7 heteroatoms. The molecule has 0 spiro atoms. The van der Waals surface area contributed by atoms with Crippen LogP contribution in [0.3, 0.4) is 0 Å². The summed E-state index contributed by atoms with van der Waals surface area (Å²) in [5.74, 6) is -1.38. The number of aromatic hydroxyl groups is 1. The monoisotopic (exact) mass is 261 g/mol. The van der Waals surface area contributed by atoms with Crippen molar-refractivity contribution in [3.05, 3.63) is 29.3 Å². The molecule has 4 nitrogen and oxygen atoms in total. The molecule has 0 aromatic heterocycles. The molecular formula is C11H10F3NO3. The first kappa shape index (κ1) is 14.0. The Morgan fingerprint density at radius 2 is 2.00 bits per heavy atom. The van der Waals surface area contributed by atoms with Crippen LogP contribution in [0.2, 0.25) is 0 Å². The lowest BCUT2D eigenvalue weighted by molar-refractivity contribution is -0.0623. The van der Waals surface area contributed by atoms with Crippen LogP contribution >= 0.6 is 0 Å². The Hall–Kier alpha value is -2.05. The van der Waals surface area contributed by atoms with Gasteiger partial charge >= 0.3 is 6.18 Å². The van der Waals surface area contributed by atoms with Gasteiger partial charge in [-0.1, -0.05) is 16.8 Å². The number of halogens is 3. The highest BCUT2D eigenvalue weighted by Crippen LogP contribution is 2.24. The van der Waals surface area contributed by atoms with Crippen LogP contribution in [0.25, 0.3) is 0 Å². The SMILES string of the molecule is Cc1ccc(O)c(C(=O)C/C(=N\O)C(F)(F)F)c1. The molecule has 0 aliphatic carbocycles. The van der Waals surface area contributed by atoms with Gasteiger partial charge in [-0.05, 0) is 19.1 Å². The van der Waals surface area contributed by atoms with E-state index >= 15 is 0 Å². The maximum absolute atomic E-state index is 12.3. The molecule has 0 saturated heterocycles. The first-order valence-corrected chi connectivity index (χ1v) is 4.86. The summed E-state index contributed by atoms with van der Waals surface area (Å²) in [5.41, 5.74) is -1.22. The molecule has 0 bridgehead atoms. The fraction of sp³-hybridized carbons (Fsp3) is 0.273. The van der Waals surface area contributed by atoms with Crippen molar-refractivity contribution in [3.8, 4) is 5.75 Å². The average Bonchev–Trinajstić information content (AvgIpc) is 2.27. The number of benzene rings is 1. The van der Waals surface area contributed by atoms with Crippen LogP contribution in [0.4, 0.5) is 13.2 Å². The number of phenols is 1. The van der Waals surface area contributed by atoms with Gasteiger partial charge in [0.1, 0.15) is 5.75 Å². The molecular weight excluding hydrogens is 251 g/mol. The first-order chi connectivity index (χ1) is 8.25. The Kier molecular flexibility index (Phi) is 3.95. The van der Waals surface area contributed by atoms with E-state index < -0.39 is 29.8 Å². The van der Waals surface area contributed by atoms with Crippen molar-refractivity contribution in [2.24, 2.45) is 5.16 Å². The Labute approximate surface area is 100 Å². The minimum absolute atomic E-state index is 0.236. The second kappa shape index (κ2) is 5.07. The number of aryl methyl sites for hydroxylation is 1. The quantitative estimate of drug-likeness (QED) is 0.380. The smallest absolute Gasteiger partial charge is 0.433 e. The van der Waals surface area contributed by atoms with Crippen molar-refractivity contribution in [3.63, 3.8) is 0 Å². The van der Waals surface area contributed by atoms with Gasteiger partial charge in [-0.3, -0.25) is 4.79 Å². The Morgan fingerprint density at radius 1 is 1.39 bits per heavy atom. The number of phenolic OH excluding ortho intramolecular Hbond substituents is 1. The zero-order valence-electron chi connectivity index (χ0n) is 9.32. The second-order valence-electron chi connectivity index (χ2n) is 3.67. The van der Waals surface area contributed by atoms with E-state index in [1.54, 1.807) is 6.92 Å². The number of rotatable bonds is 3. The molecule has 0 amide bonds. The van der Waals surface area contributed by atoms with E-state index in [9.17, 15) is 23.1 Å². The molecule has 0 saturated carbocycles. The van der Waals surface area contributed by atoms with Gasteiger partial charge in [-0.2, -0.15) is 13.2 Å². The Bertz CT molecular complexity index is 495. The van der Waals surface area contributed by atoms with Crippen LogP contribution < -0.4 is 0 Å². The number of carbonyl (C=O) groups excluding carboxylic acids is 1. The fourth-order valence-corrected chi connectivity index (χ4v) is 1.31. The summed E-state index contributed by atoms with van der Waals surface area (Å²) in [6.45, 7) is 1.63. The van der Waals surface area contributed by atoms with Crippen LogP contribution in [0.15, 0.2) is 23.4 Å². The molecule has 0 aliphatic heterocycles. The lowest BCUT2D eigenvalue weighted by atomic mass is 10.0. The number of hydrogen-bond donors (Lipinski definition) is 2. The number of Topliss-reactive ketones (excluding diaryl/α,β-unsaturated/α-hetero) is 1. The molecule has 0 unspecified atom stereocenters. The van der Waals surface area contributed by atoms with E-state index in [0.29, 0.717) is 5.56 Å². The van der Waals surface area contributed by atoms with Crippen LogP contribution in [0.5, 0.6) is 5.75 Å². The number of hydrogen-bond acceptors (Lipinski definition) is 4. The van der Waals surface area contributed by atoms with E-state index in [1.165, 1.54) is 18.2 Å². The van der Waals surface area contributed by atoms with Gasteiger partial charge in [0.2, 0.25) is 0 Å². The third kappa shape index (κ3) is 3.22. The zero-order valence-corrected chi connectivity index (χ0v) is 9.32. The van der Waals surface area contributed by atoms with Gasteiger partial charge in [-0.15, -0.1) is 0 Å². The molecule has 2 N–H and O–H groups in total. The Balaban J connectivity index is 2.99. The number of nitrogens with zero attached hydrogens (tertiary/aromatic N) is 1. The van der Waals surface area contributed by atoms with E-state index in [-0.39, 0.29) is 5.56 Å².